The quantitative estimate of drug-likeness (QED) is 0.206. The molecule has 6 nitrogen and oxygen atoms in total. The standard InChI is InChI=1S/C29H25F4N3O3/c1-3-11-36(2)28(38)19-7-8-23(25(30)15-19)20-12-21-13-22(39-27(21)24(14-20)29(31,32)33)17-35-26(37)9-6-18-5-4-10-34-16-18/h4-10,12-16H,3,11,17H2,1-2H3,(H,35,37). The molecule has 0 spiro atoms. The summed E-state index contributed by atoms with van der Waals surface area (Å²) in [4.78, 5) is 30.0. The molecular formula is C29H25F4N3O3. The summed E-state index contributed by atoms with van der Waals surface area (Å²) in [6, 6.07) is 10.7. The molecule has 0 radical (unpaired) electrons. The van der Waals surface area contributed by atoms with Crippen LogP contribution in [0.25, 0.3) is 28.2 Å². The third-order valence-electron chi connectivity index (χ3n) is 5.95. The number of carbonyl (C=O) groups excluding carboxylic acids is 2. The van der Waals surface area contributed by atoms with Crippen molar-refractivity contribution in [3.8, 4) is 11.1 Å². The van der Waals surface area contributed by atoms with E-state index in [0.717, 1.165) is 18.6 Å². The molecule has 2 heterocycles. The summed E-state index contributed by atoms with van der Waals surface area (Å²) in [6.45, 7) is 2.23. The number of benzene rings is 2. The van der Waals surface area contributed by atoms with Crippen LogP contribution in [0.4, 0.5) is 17.6 Å². The zero-order chi connectivity index (χ0) is 28.2. The van der Waals surface area contributed by atoms with E-state index in [2.05, 4.69) is 10.3 Å². The van der Waals surface area contributed by atoms with Gasteiger partial charge < -0.3 is 14.6 Å². The minimum Gasteiger partial charge on any atom is -0.459 e. The maximum absolute atomic E-state index is 15.1. The molecule has 0 unspecified atom stereocenters. The molecule has 10 heteroatoms. The van der Waals surface area contributed by atoms with Crippen molar-refractivity contribution < 1.29 is 31.6 Å². The molecule has 0 fully saturated rings. The summed E-state index contributed by atoms with van der Waals surface area (Å²) in [7, 11) is 1.59. The average molecular weight is 540 g/mol. The van der Waals surface area contributed by atoms with Gasteiger partial charge in [0, 0.05) is 48.6 Å². The number of aromatic nitrogens is 1. The number of amides is 2. The van der Waals surface area contributed by atoms with Gasteiger partial charge in [-0.3, -0.25) is 14.6 Å². The van der Waals surface area contributed by atoms with E-state index in [-0.39, 0.29) is 40.3 Å². The number of alkyl halides is 3. The molecule has 2 aromatic heterocycles. The van der Waals surface area contributed by atoms with E-state index >= 15 is 4.39 Å². The van der Waals surface area contributed by atoms with Crippen molar-refractivity contribution in [2.45, 2.75) is 26.1 Å². The number of rotatable bonds is 8. The predicted octanol–water partition coefficient (Wildman–Crippen LogP) is 6.46. The molecule has 2 aromatic carbocycles. The first-order chi connectivity index (χ1) is 18.6. The Labute approximate surface area is 221 Å². The Hall–Kier alpha value is -4.47. The summed E-state index contributed by atoms with van der Waals surface area (Å²) in [6.07, 6.45) is 1.92. The zero-order valence-electron chi connectivity index (χ0n) is 21.2. The van der Waals surface area contributed by atoms with Gasteiger partial charge in [-0.1, -0.05) is 19.1 Å². The molecule has 1 N–H and O–H groups in total. The molecule has 2 amide bonds. The van der Waals surface area contributed by atoms with E-state index in [0.29, 0.717) is 12.1 Å². The topological polar surface area (TPSA) is 75.4 Å². The fourth-order valence-electron chi connectivity index (χ4n) is 4.08. The second-order valence-corrected chi connectivity index (χ2v) is 8.91. The minimum atomic E-state index is -4.78. The van der Waals surface area contributed by atoms with E-state index in [4.69, 9.17) is 4.42 Å². The first-order valence-electron chi connectivity index (χ1n) is 12.1. The number of carbonyl (C=O) groups is 2. The number of pyridine rings is 1. The summed E-state index contributed by atoms with van der Waals surface area (Å²) in [5.41, 5.74) is -0.807. The first kappa shape index (κ1) is 27.6. The van der Waals surface area contributed by atoms with Gasteiger partial charge in [0.25, 0.3) is 5.91 Å². The van der Waals surface area contributed by atoms with Crippen LogP contribution in [0, 0.1) is 5.82 Å². The van der Waals surface area contributed by atoms with Gasteiger partial charge in [-0.2, -0.15) is 13.2 Å². The van der Waals surface area contributed by atoms with Gasteiger partial charge in [-0.15, -0.1) is 0 Å². The van der Waals surface area contributed by atoms with Crippen molar-refractivity contribution in [1.82, 2.24) is 15.2 Å². The van der Waals surface area contributed by atoms with Crippen LogP contribution < -0.4 is 5.32 Å². The second-order valence-electron chi connectivity index (χ2n) is 8.91. The molecule has 0 aliphatic carbocycles. The fourth-order valence-corrected chi connectivity index (χ4v) is 4.08. The third-order valence-corrected chi connectivity index (χ3v) is 5.95. The van der Waals surface area contributed by atoms with Crippen LogP contribution in [-0.2, 0) is 17.5 Å². The molecule has 202 valence electrons. The van der Waals surface area contributed by atoms with Gasteiger partial charge >= 0.3 is 6.18 Å². The number of nitrogens with zero attached hydrogens (tertiary/aromatic N) is 2. The van der Waals surface area contributed by atoms with Crippen molar-refractivity contribution in [3.05, 3.63) is 95.3 Å². The molecule has 4 rings (SSSR count). The summed E-state index contributed by atoms with van der Waals surface area (Å²) < 4.78 is 62.3. The van der Waals surface area contributed by atoms with Crippen molar-refractivity contribution in [3.63, 3.8) is 0 Å². The van der Waals surface area contributed by atoms with Crippen LogP contribution in [0.3, 0.4) is 0 Å². The summed E-state index contributed by atoms with van der Waals surface area (Å²) >= 11 is 0. The Bertz CT molecular complexity index is 1530. The van der Waals surface area contributed by atoms with E-state index in [1.807, 2.05) is 6.92 Å². The number of halogens is 4. The zero-order valence-corrected chi connectivity index (χ0v) is 21.2. The number of furan rings is 1. The van der Waals surface area contributed by atoms with E-state index in [1.165, 1.54) is 35.2 Å². The van der Waals surface area contributed by atoms with Crippen molar-refractivity contribution in [2.75, 3.05) is 13.6 Å². The molecule has 0 atom stereocenters. The Morgan fingerprint density at radius 1 is 1.13 bits per heavy atom. The predicted molar refractivity (Wildman–Crippen MR) is 139 cm³/mol. The van der Waals surface area contributed by atoms with Crippen LogP contribution in [-0.4, -0.2) is 35.3 Å². The highest BCUT2D eigenvalue weighted by molar-refractivity contribution is 5.95. The highest BCUT2D eigenvalue weighted by Crippen LogP contribution is 2.40. The Morgan fingerprint density at radius 3 is 2.59 bits per heavy atom. The fraction of sp³-hybridized carbons (Fsp3) is 0.207. The maximum atomic E-state index is 15.1. The van der Waals surface area contributed by atoms with E-state index in [9.17, 15) is 22.8 Å². The number of hydrogen-bond donors (Lipinski definition) is 1. The SMILES string of the molecule is CCCN(C)C(=O)c1ccc(-c2cc(C(F)(F)F)c3oc(CNC(=O)C=Cc4cccnc4)cc3c2)c(F)c1. The molecule has 0 bridgehead atoms. The molecule has 0 aliphatic rings. The Balaban J connectivity index is 1.61. The van der Waals surface area contributed by atoms with Gasteiger partial charge in [-0.25, -0.2) is 4.39 Å². The van der Waals surface area contributed by atoms with Crippen LogP contribution in [0.5, 0.6) is 0 Å². The normalized spacial score (nSPS) is 11.7. The van der Waals surface area contributed by atoms with E-state index < -0.39 is 29.0 Å². The average Bonchev–Trinajstić information content (AvgIpc) is 3.32. The van der Waals surface area contributed by atoms with Gasteiger partial charge in [0.1, 0.15) is 17.2 Å². The lowest BCUT2D eigenvalue weighted by molar-refractivity contribution is -0.136. The number of hydrogen-bond acceptors (Lipinski definition) is 4. The van der Waals surface area contributed by atoms with Crippen LogP contribution in [0.1, 0.15) is 40.6 Å². The highest BCUT2D eigenvalue weighted by atomic mass is 19.4. The monoisotopic (exact) mass is 539 g/mol. The number of nitrogens with one attached hydrogen (secondary N) is 1. The molecular weight excluding hydrogens is 514 g/mol. The molecule has 4 aromatic rings. The summed E-state index contributed by atoms with van der Waals surface area (Å²) in [5, 5.41) is 2.66. The van der Waals surface area contributed by atoms with Crippen molar-refractivity contribution in [2.24, 2.45) is 0 Å². The third kappa shape index (κ3) is 6.51. The molecule has 39 heavy (non-hydrogen) atoms. The van der Waals surface area contributed by atoms with Crippen LogP contribution >= 0.6 is 0 Å². The Kier molecular flexibility index (Phi) is 8.13. The molecule has 0 saturated heterocycles. The first-order valence-corrected chi connectivity index (χ1v) is 12.1. The van der Waals surface area contributed by atoms with Crippen LogP contribution in [0.15, 0.2) is 71.4 Å². The molecule has 0 aliphatic heterocycles. The highest BCUT2D eigenvalue weighted by Gasteiger charge is 2.35. The van der Waals surface area contributed by atoms with Crippen molar-refractivity contribution >= 4 is 28.9 Å². The number of fused-ring (bicyclic) bond motifs is 1. The minimum absolute atomic E-state index is 0.0240. The van der Waals surface area contributed by atoms with Gasteiger partial charge in [-0.05, 0) is 60.0 Å². The van der Waals surface area contributed by atoms with E-state index in [1.54, 1.807) is 37.7 Å². The summed E-state index contributed by atoms with van der Waals surface area (Å²) in [5.74, 6) is -1.59. The van der Waals surface area contributed by atoms with Gasteiger partial charge in [0.15, 0.2) is 0 Å². The lowest BCUT2D eigenvalue weighted by Crippen LogP contribution is -2.27. The smallest absolute Gasteiger partial charge is 0.420 e. The van der Waals surface area contributed by atoms with Crippen LogP contribution in [0.2, 0.25) is 0 Å². The van der Waals surface area contributed by atoms with Crippen molar-refractivity contribution in [1.29, 1.82) is 0 Å². The second kappa shape index (κ2) is 11.5. The Morgan fingerprint density at radius 2 is 1.92 bits per heavy atom. The largest absolute Gasteiger partial charge is 0.459 e. The van der Waals surface area contributed by atoms with Gasteiger partial charge in [0.05, 0.1) is 12.1 Å². The maximum Gasteiger partial charge on any atom is 0.420 e. The lowest BCUT2D eigenvalue weighted by atomic mass is 9.98. The molecule has 0 saturated carbocycles. The lowest BCUT2D eigenvalue weighted by Gasteiger charge is -2.16. The van der Waals surface area contributed by atoms with Gasteiger partial charge in [0.2, 0.25) is 5.91 Å².